The second-order valence-electron chi connectivity index (χ2n) is 7.37. The third-order valence-electron chi connectivity index (χ3n) is 6.14. The second-order valence-corrected chi connectivity index (χ2v) is 8.35. The molecule has 22 heavy (non-hydrogen) atoms. The van der Waals surface area contributed by atoms with Crippen LogP contribution in [0.15, 0.2) is 0 Å². The largest absolute Gasteiger partial charge is 0.378 e. The van der Waals surface area contributed by atoms with Crippen LogP contribution in [-0.4, -0.2) is 37.2 Å². The maximum atomic E-state index is 12.4. The van der Waals surface area contributed by atoms with E-state index in [1.807, 2.05) is 6.92 Å². The highest BCUT2D eigenvalue weighted by Gasteiger charge is 2.82. The molecule has 0 radical (unpaired) electrons. The molecule has 6 heteroatoms. The molecule has 2 aliphatic rings. The SMILES string of the molecule is Cc1nc(C2(C(N)=O)C(C)(C)C2(C)C)sc1N1CCOCC1. The number of hydrogen-bond acceptors (Lipinski definition) is 5. The van der Waals surface area contributed by atoms with Crippen molar-refractivity contribution in [2.24, 2.45) is 16.6 Å². The Kier molecular flexibility index (Phi) is 3.35. The minimum atomic E-state index is -0.667. The smallest absolute Gasteiger partial charge is 0.231 e. The van der Waals surface area contributed by atoms with Crippen molar-refractivity contribution in [2.45, 2.75) is 40.0 Å². The number of nitrogens with two attached hydrogens (primary N) is 1. The number of rotatable bonds is 3. The average molecular weight is 323 g/mol. The van der Waals surface area contributed by atoms with Crippen molar-refractivity contribution in [2.75, 3.05) is 31.2 Å². The van der Waals surface area contributed by atoms with E-state index in [1.54, 1.807) is 11.3 Å². The van der Waals surface area contributed by atoms with E-state index < -0.39 is 5.41 Å². The molecule has 1 aliphatic heterocycles. The van der Waals surface area contributed by atoms with E-state index >= 15 is 0 Å². The highest BCUT2D eigenvalue weighted by molar-refractivity contribution is 7.16. The van der Waals surface area contributed by atoms with Gasteiger partial charge in [-0.3, -0.25) is 4.79 Å². The number of aryl methyl sites for hydroxylation is 1. The zero-order valence-electron chi connectivity index (χ0n) is 14.0. The lowest BCUT2D eigenvalue weighted by molar-refractivity contribution is -0.121. The summed E-state index contributed by atoms with van der Waals surface area (Å²) < 4.78 is 5.42. The van der Waals surface area contributed by atoms with Crippen molar-refractivity contribution in [3.8, 4) is 0 Å². The summed E-state index contributed by atoms with van der Waals surface area (Å²) in [6.07, 6.45) is 0. The van der Waals surface area contributed by atoms with Crippen molar-refractivity contribution < 1.29 is 9.53 Å². The van der Waals surface area contributed by atoms with Crippen molar-refractivity contribution in [3.05, 3.63) is 10.7 Å². The molecular weight excluding hydrogens is 298 g/mol. The number of morpholine rings is 1. The van der Waals surface area contributed by atoms with Crippen molar-refractivity contribution in [3.63, 3.8) is 0 Å². The summed E-state index contributed by atoms with van der Waals surface area (Å²) in [6, 6.07) is 0. The third kappa shape index (κ3) is 1.68. The van der Waals surface area contributed by atoms with Crippen LogP contribution in [0.4, 0.5) is 5.00 Å². The molecule has 5 nitrogen and oxygen atoms in total. The van der Waals surface area contributed by atoms with E-state index in [-0.39, 0.29) is 16.7 Å². The van der Waals surface area contributed by atoms with Gasteiger partial charge in [0.05, 0.1) is 18.9 Å². The number of aromatic nitrogens is 1. The minimum Gasteiger partial charge on any atom is -0.378 e. The first-order valence-corrected chi connectivity index (χ1v) is 8.60. The Morgan fingerprint density at radius 2 is 1.77 bits per heavy atom. The summed E-state index contributed by atoms with van der Waals surface area (Å²) in [5, 5.41) is 2.02. The molecule has 1 aromatic heterocycles. The number of carbonyl (C=O) groups excluding carboxylic acids is 1. The van der Waals surface area contributed by atoms with Gasteiger partial charge < -0.3 is 15.4 Å². The van der Waals surface area contributed by atoms with Gasteiger partial charge in [-0.2, -0.15) is 0 Å². The van der Waals surface area contributed by atoms with Crippen LogP contribution in [-0.2, 0) is 14.9 Å². The summed E-state index contributed by atoms with van der Waals surface area (Å²) >= 11 is 1.63. The maximum absolute atomic E-state index is 12.4. The van der Waals surface area contributed by atoms with E-state index in [0.29, 0.717) is 0 Å². The fourth-order valence-electron chi connectivity index (χ4n) is 4.18. The lowest BCUT2D eigenvalue weighted by Gasteiger charge is -2.27. The monoisotopic (exact) mass is 323 g/mol. The van der Waals surface area contributed by atoms with Crippen LogP contribution in [0.1, 0.15) is 38.4 Å². The summed E-state index contributed by atoms with van der Waals surface area (Å²) in [5.74, 6) is -0.259. The number of amides is 1. The standard InChI is InChI=1S/C16H25N3O2S/c1-10-11(19-6-8-21-9-7-19)22-13(18-10)16(12(17)20)14(2,3)15(16,4)5/h6-9H2,1-5H3,(H2,17,20). The van der Waals surface area contributed by atoms with Crippen molar-refractivity contribution >= 4 is 22.2 Å². The van der Waals surface area contributed by atoms with Gasteiger partial charge in [-0.1, -0.05) is 27.7 Å². The van der Waals surface area contributed by atoms with Gasteiger partial charge in [0.2, 0.25) is 5.91 Å². The molecule has 2 fully saturated rings. The first-order valence-electron chi connectivity index (χ1n) is 7.78. The van der Waals surface area contributed by atoms with Gasteiger partial charge in [-0.05, 0) is 17.8 Å². The quantitative estimate of drug-likeness (QED) is 0.924. The lowest BCUT2D eigenvalue weighted by Crippen LogP contribution is -2.36. The minimum absolute atomic E-state index is 0.182. The van der Waals surface area contributed by atoms with Crippen LogP contribution in [0.5, 0.6) is 0 Å². The Morgan fingerprint density at radius 1 is 1.23 bits per heavy atom. The van der Waals surface area contributed by atoms with Gasteiger partial charge in [-0.15, -0.1) is 11.3 Å². The van der Waals surface area contributed by atoms with Crippen LogP contribution in [0.25, 0.3) is 0 Å². The zero-order chi connectivity index (χ0) is 16.3. The number of nitrogens with zero attached hydrogens (tertiary/aromatic N) is 2. The van der Waals surface area contributed by atoms with Crippen LogP contribution >= 0.6 is 11.3 Å². The maximum Gasteiger partial charge on any atom is 0.231 e. The van der Waals surface area contributed by atoms with Crippen LogP contribution in [0.2, 0.25) is 0 Å². The first-order chi connectivity index (χ1) is 10.2. The van der Waals surface area contributed by atoms with Gasteiger partial charge in [0.25, 0.3) is 0 Å². The molecule has 2 heterocycles. The summed E-state index contributed by atoms with van der Waals surface area (Å²) in [4.78, 5) is 19.4. The van der Waals surface area contributed by atoms with E-state index in [1.165, 1.54) is 0 Å². The molecule has 3 rings (SSSR count). The molecule has 0 spiro atoms. The summed E-state index contributed by atoms with van der Waals surface area (Å²) in [5.41, 5.74) is 5.80. The number of primary amides is 1. The van der Waals surface area contributed by atoms with Crippen LogP contribution in [0, 0.1) is 17.8 Å². The molecule has 2 N–H and O–H groups in total. The Balaban J connectivity index is 2.04. The third-order valence-corrected chi connectivity index (χ3v) is 7.47. The fraction of sp³-hybridized carbons (Fsp3) is 0.750. The molecule has 0 aromatic carbocycles. The molecule has 1 aliphatic carbocycles. The highest BCUT2D eigenvalue weighted by Crippen LogP contribution is 2.78. The predicted octanol–water partition coefficient (Wildman–Crippen LogP) is 2.08. The average Bonchev–Trinajstić information content (AvgIpc) is 2.71. The van der Waals surface area contributed by atoms with Crippen LogP contribution < -0.4 is 10.6 Å². The number of hydrogen-bond donors (Lipinski definition) is 1. The van der Waals surface area contributed by atoms with Crippen molar-refractivity contribution in [1.82, 2.24) is 4.98 Å². The first kappa shape index (κ1) is 15.7. The number of thiazole rings is 1. The Morgan fingerprint density at radius 3 is 2.23 bits per heavy atom. The van der Waals surface area contributed by atoms with E-state index in [2.05, 4.69) is 32.6 Å². The van der Waals surface area contributed by atoms with Crippen LogP contribution in [0.3, 0.4) is 0 Å². The van der Waals surface area contributed by atoms with E-state index in [4.69, 9.17) is 15.5 Å². The van der Waals surface area contributed by atoms with Gasteiger partial charge in [-0.25, -0.2) is 4.98 Å². The molecule has 1 saturated carbocycles. The number of anilines is 1. The molecule has 1 aromatic rings. The Labute approximate surface area is 135 Å². The van der Waals surface area contributed by atoms with Gasteiger partial charge >= 0.3 is 0 Å². The normalized spacial score (nSPS) is 25.0. The van der Waals surface area contributed by atoms with Gasteiger partial charge in [0.1, 0.15) is 15.4 Å². The molecule has 0 atom stereocenters. The van der Waals surface area contributed by atoms with Gasteiger partial charge in [0, 0.05) is 13.1 Å². The zero-order valence-corrected chi connectivity index (χ0v) is 14.8. The number of carbonyl (C=O) groups is 1. The van der Waals surface area contributed by atoms with E-state index in [0.717, 1.165) is 42.0 Å². The fourth-order valence-corrected chi connectivity index (χ4v) is 5.81. The van der Waals surface area contributed by atoms with Gasteiger partial charge in [0.15, 0.2) is 0 Å². The highest BCUT2D eigenvalue weighted by atomic mass is 32.1. The van der Waals surface area contributed by atoms with E-state index in [9.17, 15) is 4.79 Å². The predicted molar refractivity (Wildman–Crippen MR) is 88.3 cm³/mol. The molecule has 1 amide bonds. The Hall–Kier alpha value is -1.14. The lowest BCUT2D eigenvalue weighted by atomic mass is 9.94. The molecule has 1 saturated heterocycles. The summed E-state index contributed by atoms with van der Waals surface area (Å²) in [7, 11) is 0. The molecule has 0 bridgehead atoms. The molecule has 122 valence electrons. The summed E-state index contributed by atoms with van der Waals surface area (Å²) in [6.45, 7) is 13.7. The topological polar surface area (TPSA) is 68.5 Å². The Bertz CT molecular complexity index is 601. The number of ether oxygens (including phenoxy) is 1. The molecule has 0 unspecified atom stereocenters. The second kappa shape index (κ2) is 4.68. The van der Waals surface area contributed by atoms with Crippen molar-refractivity contribution in [1.29, 1.82) is 0 Å². The molecular formula is C16H25N3O2S.